The predicted octanol–water partition coefficient (Wildman–Crippen LogP) is 12.3. The molecule has 0 aliphatic heterocycles. The van der Waals surface area contributed by atoms with Crippen molar-refractivity contribution in [1.82, 2.24) is 15.0 Å². The lowest BCUT2D eigenvalue weighted by Gasteiger charge is -2.22. The molecule has 0 saturated heterocycles. The first-order valence-corrected chi connectivity index (χ1v) is 17.5. The van der Waals surface area contributed by atoms with Crippen LogP contribution in [0.4, 0.5) is 0 Å². The maximum absolute atomic E-state index is 5.22. The summed E-state index contributed by atoms with van der Waals surface area (Å²) in [4.78, 5) is 15.0. The molecule has 0 saturated carbocycles. The lowest BCUT2D eigenvalue weighted by Crippen LogP contribution is -2.14. The van der Waals surface area contributed by atoms with E-state index in [-0.39, 0.29) is 5.41 Å². The zero-order chi connectivity index (χ0) is 34.1. The third-order valence-electron chi connectivity index (χ3n) is 10.8. The normalized spacial score (nSPS) is 13.1. The zero-order valence-corrected chi connectivity index (χ0v) is 28.4. The second-order valence-electron chi connectivity index (χ2n) is 14.0. The maximum Gasteiger partial charge on any atom is 0.160 e. The lowest BCUT2D eigenvalue weighted by atomic mass is 9.81. The van der Waals surface area contributed by atoms with Gasteiger partial charge in [-0.15, -0.1) is 0 Å². The van der Waals surface area contributed by atoms with Crippen molar-refractivity contribution in [3.05, 3.63) is 175 Å². The number of pyridine rings is 1. The van der Waals surface area contributed by atoms with E-state index in [1.54, 1.807) is 0 Å². The third kappa shape index (κ3) is 4.62. The van der Waals surface area contributed by atoms with E-state index in [2.05, 4.69) is 146 Å². The number of aromatic nitrogens is 3. The molecule has 0 spiro atoms. The van der Waals surface area contributed by atoms with Crippen molar-refractivity contribution in [2.45, 2.75) is 19.3 Å². The van der Waals surface area contributed by atoms with Crippen molar-refractivity contribution in [3.8, 4) is 56.2 Å². The van der Waals surface area contributed by atoms with Gasteiger partial charge in [0.1, 0.15) is 0 Å². The van der Waals surface area contributed by atoms with Gasteiger partial charge in [-0.1, -0.05) is 147 Å². The molecule has 2 aromatic heterocycles. The van der Waals surface area contributed by atoms with Crippen molar-refractivity contribution >= 4 is 32.4 Å². The first-order chi connectivity index (χ1) is 25.0. The summed E-state index contributed by atoms with van der Waals surface area (Å²) in [6.07, 6.45) is 1.84. The first kappa shape index (κ1) is 29.5. The Morgan fingerprint density at radius 3 is 1.92 bits per heavy atom. The highest BCUT2D eigenvalue weighted by Crippen LogP contribution is 2.52. The summed E-state index contributed by atoms with van der Waals surface area (Å²) in [7, 11) is 0. The van der Waals surface area contributed by atoms with Crippen LogP contribution < -0.4 is 0 Å². The minimum atomic E-state index is -0.0690. The molecule has 0 unspecified atom stereocenters. The molecule has 0 atom stereocenters. The molecule has 0 radical (unpaired) electrons. The average molecular weight is 652 g/mol. The lowest BCUT2D eigenvalue weighted by molar-refractivity contribution is 0.661. The number of hydrogen-bond acceptors (Lipinski definition) is 3. The number of nitrogens with zero attached hydrogens (tertiary/aromatic N) is 3. The summed E-state index contributed by atoms with van der Waals surface area (Å²) >= 11 is 0. The summed E-state index contributed by atoms with van der Waals surface area (Å²) in [5.41, 5.74) is 13.6. The van der Waals surface area contributed by atoms with Gasteiger partial charge < -0.3 is 0 Å². The highest BCUT2D eigenvalue weighted by atomic mass is 14.9. The van der Waals surface area contributed by atoms with E-state index in [0.29, 0.717) is 5.82 Å². The second kappa shape index (κ2) is 11.3. The first-order valence-electron chi connectivity index (χ1n) is 17.5. The van der Waals surface area contributed by atoms with Crippen molar-refractivity contribution in [2.24, 2.45) is 0 Å². The molecule has 2 heterocycles. The van der Waals surface area contributed by atoms with Gasteiger partial charge in [0.2, 0.25) is 0 Å². The molecule has 7 aromatic carbocycles. The molecule has 3 heteroatoms. The topological polar surface area (TPSA) is 38.7 Å². The Balaban J connectivity index is 1.17. The van der Waals surface area contributed by atoms with Gasteiger partial charge in [-0.25, -0.2) is 9.97 Å². The average Bonchev–Trinajstić information content (AvgIpc) is 3.43. The van der Waals surface area contributed by atoms with E-state index in [1.807, 2.05) is 36.5 Å². The standard InChI is InChI=1S/C48H33N3/c1-48(2)41-25-22-32(28-40(41)46-34-15-7-6-12-30(34)21-26-42(46)48)33-23-24-39(36-17-9-8-16-35(33)36)45-29-44(50-47(51-45)31-13-4-3-5-14-31)38-18-10-20-43-37(38)19-11-27-49-43/h3-29H,1-2H3. The van der Waals surface area contributed by atoms with Crippen molar-refractivity contribution in [3.63, 3.8) is 0 Å². The Morgan fingerprint density at radius 2 is 1.10 bits per heavy atom. The van der Waals surface area contributed by atoms with Crippen LogP contribution in [-0.4, -0.2) is 15.0 Å². The van der Waals surface area contributed by atoms with Gasteiger partial charge in [-0.3, -0.25) is 4.98 Å². The minimum Gasteiger partial charge on any atom is -0.256 e. The van der Waals surface area contributed by atoms with Gasteiger partial charge in [-0.2, -0.15) is 0 Å². The number of fused-ring (bicyclic) bond motifs is 7. The van der Waals surface area contributed by atoms with Gasteiger partial charge in [-0.05, 0) is 79.2 Å². The fraction of sp³-hybridized carbons (Fsp3) is 0.0625. The zero-order valence-electron chi connectivity index (χ0n) is 28.4. The summed E-state index contributed by atoms with van der Waals surface area (Å²) < 4.78 is 0. The van der Waals surface area contributed by atoms with Crippen LogP contribution in [0.3, 0.4) is 0 Å². The molecule has 0 bridgehead atoms. The number of hydrogen-bond donors (Lipinski definition) is 0. The van der Waals surface area contributed by atoms with Gasteiger partial charge in [0, 0.05) is 33.7 Å². The Kier molecular flexibility index (Phi) is 6.53. The summed E-state index contributed by atoms with van der Waals surface area (Å²) in [5, 5.41) is 6.01. The SMILES string of the molecule is CC1(C)c2ccc(-c3ccc(-c4cc(-c5cccc6ncccc56)nc(-c5ccccc5)n4)c4ccccc34)cc2-c2c1ccc1ccccc21. The molecule has 1 aliphatic rings. The predicted molar refractivity (Wildman–Crippen MR) is 212 cm³/mol. The van der Waals surface area contributed by atoms with Gasteiger partial charge in [0.05, 0.1) is 16.9 Å². The Morgan fingerprint density at radius 1 is 0.431 bits per heavy atom. The maximum atomic E-state index is 5.22. The van der Waals surface area contributed by atoms with E-state index in [0.717, 1.165) is 44.4 Å². The Bertz CT molecular complexity index is 2830. The molecule has 0 N–H and O–H groups in total. The molecular weight excluding hydrogens is 619 g/mol. The summed E-state index contributed by atoms with van der Waals surface area (Å²) in [6, 6.07) is 56.4. The van der Waals surface area contributed by atoms with Crippen LogP contribution in [0.2, 0.25) is 0 Å². The fourth-order valence-electron chi connectivity index (χ4n) is 8.23. The molecule has 51 heavy (non-hydrogen) atoms. The quantitative estimate of drug-likeness (QED) is 0.190. The van der Waals surface area contributed by atoms with Gasteiger partial charge >= 0.3 is 0 Å². The summed E-state index contributed by atoms with van der Waals surface area (Å²) in [6.45, 7) is 4.70. The van der Waals surface area contributed by atoms with Crippen LogP contribution in [0, 0.1) is 0 Å². The van der Waals surface area contributed by atoms with Crippen molar-refractivity contribution in [2.75, 3.05) is 0 Å². The van der Waals surface area contributed by atoms with E-state index in [9.17, 15) is 0 Å². The van der Waals surface area contributed by atoms with E-state index >= 15 is 0 Å². The molecule has 9 aromatic rings. The van der Waals surface area contributed by atoms with E-state index in [4.69, 9.17) is 9.97 Å². The van der Waals surface area contributed by atoms with Crippen LogP contribution in [0.5, 0.6) is 0 Å². The minimum absolute atomic E-state index is 0.0690. The van der Waals surface area contributed by atoms with Gasteiger partial charge in [0.15, 0.2) is 5.82 Å². The molecule has 240 valence electrons. The summed E-state index contributed by atoms with van der Waals surface area (Å²) in [5.74, 6) is 0.698. The molecule has 0 fully saturated rings. The monoisotopic (exact) mass is 651 g/mol. The van der Waals surface area contributed by atoms with Crippen LogP contribution in [0.1, 0.15) is 25.0 Å². The van der Waals surface area contributed by atoms with E-state index < -0.39 is 0 Å². The largest absolute Gasteiger partial charge is 0.256 e. The highest BCUT2D eigenvalue weighted by molar-refractivity contribution is 6.07. The number of rotatable bonds is 4. The molecular formula is C48H33N3. The molecule has 0 amide bonds. The van der Waals surface area contributed by atoms with Crippen LogP contribution in [0.15, 0.2) is 164 Å². The van der Waals surface area contributed by atoms with Crippen molar-refractivity contribution < 1.29 is 0 Å². The molecule has 10 rings (SSSR count). The highest BCUT2D eigenvalue weighted by Gasteiger charge is 2.36. The van der Waals surface area contributed by atoms with Gasteiger partial charge in [0.25, 0.3) is 0 Å². The smallest absolute Gasteiger partial charge is 0.160 e. The van der Waals surface area contributed by atoms with Crippen molar-refractivity contribution in [1.29, 1.82) is 0 Å². The second-order valence-corrected chi connectivity index (χ2v) is 14.0. The van der Waals surface area contributed by atoms with E-state index in [1.165, 1.54) is 49.5 Å². The van der Waals surface area contributed by atoms with Crippen LogP contribution in [0.25, 0.3) is 88.6 Å². The third-order valence-corrected chi connectivity index (χ3v) is 10.8. The Hall–Kier alpha value is -6.45. The van der Waals surface area contributed by atoms with Crippen LogP contribution >= 0.6 is 0 Å². The molecule has 3 nitrogen and oxygen atoms in total. The molecule has 1 aliphatic carbocycles. The van der Waals surface area contributed by atoms with Crippen LogP contribution in [-0.2, 0) is 5.41 Å². The fourth-order valence-corrected chi connectivity index (χ4v) is 8.23. The number of benzene rings is 7. The Labute approximate surface area is 297 Å².